The SMILES string of the molecule is CCCC(O)C1CCCN1C(=O)OCc1ccccc1. The predicted molar refractivity (Wildman–Crippen MR) is 77.3 cm³/mol. The number of amides is 1. The highest BCUT2D eigenvalue weighted by Crippen LogP contribution is 2.23. The molecule has 1 fully saturated rings. The maximum absolute atomic E-state index is 12.1. The second-order valence-electron chi connectivity index (χ2n) is 5.30. The first kappa shape index (κ1) is 14.9. The summed E-state index contributed by atoms with van der Waals surface area (Å²) in [5.74, 6) is 0. The van der Waals surface area contributed by atoms with E-state index in [4.69, 9.17) is 4.74 Å². The van der Waals surface area contributed by atoms with Crippen LogP contribution in [0.2, 0.25) is 0 Å². The van der Waals surface area contributed by atoms with Crippen LogP contribution in [0.5, 0.6) is 0 Å². The Labute approximate surface area is 120 Å². The van der Waals surface area contributed by atoms with Crippen molar-refractivity contribution in [3.05, 3.63) is 35.9 Å². The summed E-state index contributed by atoms with van der Waals surface area (Å²) in [6.45, 7) is 3.00. The van der Waals surface area contributed by atoms with Crippen LogP contribution in [0.3, 0.4) is 0 Å². The molecule has 2 rings (SSSR count). The standard InChI is InChI=1S/C16H23NO3/c1-2-7-15(18)14-10-6-11-17(14)16(19)20-12-13-8-4-3-5-9-13/h3-5,8-9,14-15,18H,2,6-7,10-12H2,1H3. The molecule has 1 aliphatic rings. The molecule has 4 nitrogen and oxygen atoms in total. The molecular weight excluding hydrogens is 254 g/mol. The third-order valence-corrected chi connectivity index (χ3v) is 3.77. The molecular formula is C16H23NO3. The summed E-state index contributed by atoms with van der Waals surface area (Å²) in [5.41, 5.74) is 0.978. The van der Waals surface area contributed by atoms with Crippen LogP contribution in [-0.4, -0.2) is 34.8 Å². The van der Waals surface area contributed by atoms with Gasteiger partial charge >= 0.3 is 6.09 Å². The summed E-state index contributed by atoms with van der Waals surface area (Å²) in [4.78, 5) is 13.8. The predicted octanol–water partition coefficient (Wildman–Crippen LogP) is 2.95. The number of hydrogen-bond acceptors (Lipinski definition) is 3. The molecule has 1 aromatic rings. The van der Waals surface area contributed by atoms with Crippen LogP contribution in [0, 0.1) is 0 Å². The Bertz CT molecular complexity index is 421. The summed E-state index contributed by atoms with van der Waals surface area (Å²) >= 11 is 0. The van der Waals surface area contributed by atoms with Gasteiger partial charge in [0.1, 0.15) is 6.61 Å². The van der Waals surface area contributed by atoms with E-state index in [1.807, 2.05) is 37.3 Å². The van der Waals surface area contributed by atoms with Crippen molar-refractivity contribution in [3.8, 4) is 0 Å². The average molecular weight is 277 g/mol. The van der Waals surface area contributed by atoms with E-state index in [-0.39, 0.29) is 18.7 Å². The van der Waals surface area contributed by atoms with Gasteiger partial charge in [-0.25, -0.2) is 4.79 Å². The average Bonchev–Trinajstić information content (AvgIpc) is 2.96. The Balaban J connectivity index is 1.88. The van der Waals surface area contributed by atoms with E-state index in [9.17, 15) is 9.90 Å². The van der Waals surface area contributed by atoms with Gasteiger partial charge in [0.05, 0.1) is 12.1 Å². The van der Waals surface area contributed by atoms with Gasteiger partial charge in [-0.15, -0.1) is 0 Å². The van der Waals surface area contributed by atoms with Crippen molar-refractivity contribution in [3.63, 3.8) is 0 Å². The van der Waals surface area contributed by atoms with Gasteiger partial charge in [0.2, 0.25) is 0 Å². The van der Waals surface area contributed by atoms with E-state index >= 15 is 0 Å². The molecule has 1 amide bonds. The lowest BCUT2D eigenvalue weighted by Crippen LogP contribution is -2.42. The van der Waals surface area contributed by atoms with Crippen LogP contribution < -0.4 is 0 Å². The maximum Gasteiger partial charge on any atom is 0.410 e. The van der Waals surface area contributed by atoms with Crippen molar-refractivity contribution < 1.29 is 14.6 Å². The number of rotatable bonds is 5. The molecule has 1 N–H and O–H groups in total. The van der Waals surface area contributed by atoms with Crippen molar-refractivity contribution in [2.75, 3.05) is 6.54 Å². The molecule has 1 aliphatic heterocycles. The van der Waals surface area contributed by atoms with E-state index < -0.39 is 6.10 Å². The number of carbonyl (C=O) groups excluding carboxylic acids is 1. The van der Waals surface area contributed by atoms with Crippen LogP contribution in [0.25, 0.3) is 0 Å². The topological polar surface area (TPSA) is 49.8 Å². The van der Waals surface area contributed by atoms with Crippen molar-refractivity contribution in [1.29, 1.82) is 0 Å². The van der Waals surface area contributed by atoms with Gasteiger partial charge in [0.25, 0.3) is 0 Å². The summed E-state index contributed by atoms with van der Waals surface area (Å²) in [5, 5.41) is 10.1. The van der Waals surface area contributed by atoms with Gasteiger partial charge in [0.15, 0.2) is 0 Å². The number of hydrogen-bond donors (Lipinski definition) is 1. The summed E-state index contributed by atoms with van der Waals surface area (Å²) in [6.07, 6.45) is 2.70. The molecule has 0 aliphatic carbocycles. The monoisotopic (exact) mass is 277 g/mol. The lowest BCUT2D eigenvalue weighted by molar-refractivity contribution is 0.0444. The number of ether oxygens (including phenoxy) is 1. The Hall–Kier alpha value is -1.55. The summed E-state index contributed by atoms with van der Waals surface area (Å²) in [6, 6.07) is 9.56. The molecule has 0 radical (unpaired) electrons. The Morgan fingerprint density at radius 2 is 2.20 bits per heavy atom. The van der Waals surface area contributed by atoms with Gasteiger partial charge in [-0.1, -0.05) is 43.7 Å². The number of benzene rings is 1. The minimum atomic E-state index is -0.438. The van der Waals surface area contributed by atoms with Crippen LogP contribution in [-0.2, 0) is 11.3 Å². The molecule has 2 atom stereocenters. The van der Waals surface area contributed by atoms with Crippen molar-refractivity contribution in [1.82, 2.24) is 4.90 Å². The maximum atomic E-state index is 12.1. The van der Waals surface area contributed by atoms with E-state index in [0.29, 0.717) is 6.54 Å². The molecule has 4 heteroatoms. The lowest BCUT2D eigenvalue weighted by atomic mass is 10.0. The second-order valence-corrected chi connectivity index (χ2v) is 5.30. The zero-order valence-corrected chi connectivity index (χ0v) is 12.0. The normalized spacial score (nSPS) is 19.9. The number of aliphatic hydroxyl groups excluding tert-OH is 1. The fraction of sp³-hybridized carbons (Fsp3) is 0.562. The summed E-state index contributed by atoms with van der Waals surface area (Å²) < 4.78 is 5.35. The second kappa shape index (κ2) is 7.29. The van der Waals surface area contributed by atoms with E-state index in [2.05, 4.69) is 0 Å². The lowest BCUT2D eigenvalue weighted by Gasteiger charge is -2.27. The van der Waals surface area contributed by atoms with Crippen LogP contribution in [0.15, 0.2) is 30.3 Å². The summed E-state index contributed by atoms with van der Waals surface area (Å²) in [7, 11) is 0. The van der Waals surface area contributed by atoms with Gasteiger partial charge in [-0.3, -0.25) is 0 Å². The molecule has 1 aromatic carbocycles. The van der Waals surface area contributed by atoms with E-state index in [0.717, 1.165) is 31.2 Å². The highest BCUT2D eigenvalue weighted by molar-refractivity contribution is 5.68. The third kappa shape index (κ3) is 3.73. The number of carbonyl (C=O) groups is 1. The smallest absolute Gasteiger partial charge is 0.410 e. The molecule has 20 heavy (non-hydrogen) atoms. The highest BCUT2D eigenvalue weighted by Gasteiger charge is 2.34. The van der Waals surface area contributed by atoms with E-state index in [1.54, 1.807) is 4.90 Å². The number of likely N-dealkylation sites (tertiary alicyclic amines) is 1. The zero-order valence-electron chi connectivity index (χ0n) is 12.0. The molecule has 1 heterocycles. The van der Waals surface area contributed by atoms with Gasteiger partial charge < -0.3 is 14.7 Å². The fourth-order valence-electron chi connectivity index (χ4n) is 2.71. The first-order chi connectivity index (χ1) is 9.72. The third-order valence-electron chi connectivity index (χ3n) is 3.77. The fourth-order valence-corrected chi connectivity index (χ4v) is 2.71. The molecule has 2 unspecified atom stereocenters. The molecule has 0 saturated carbocycles. The Morgan fingerprint density at radius 1 is 1.45 bits per heavy atom. The number of nitrogens with zero attached hydrogens (tertiary/aromatic N) is 1. The minimum Gasteiger partial charge on any atom is -0.445 e. The molecule has 110 valence electrons. The van der Waals surface area contributed by atoms with Crippen molar-refractivity contribution in [2.24, 2.45) is 0 Å². The van der Waals surface area contributed by atoms with Gasteiger partial charge in [0, 0.05) is 6.54 Å². The zero-order chi connectivity index (χ0) is 14.4. The van der Waals surface area contributed by atoms with Gasteiger partial charge in [-0.05, 0) is 24.8 Å². The number of aliphatic hydroxyl groups is 1. The minimum absolute atomic E-state index is 0.0850. The Kier molecular flexibility index (Phi) is 5.41. The quantitative estimate of drug-likeness (QED) is 0.900. The molecule has 0 spiro atoms. The highest BCUT2D eigenvalue weighted by atomic mass is 16.6. The van der Waals surface area contributed by atoms with E-state index in [1.165, 1.54) is 0 Å². The van der Waals surface area contributed by atoms with Crippen LogP contribution in [0.1, 0.15) is 38.2 Å². The Morgan fingerprint density at radius 3 is 2.90 bits per heavy atom. The van der Waals surface area contributed by atoms with Crippen molar-refractivity contribution >= 4 is 6.09 Å². The van der Waals surface area contributed by atoms with Crippen LogP contribution >= 0.6 is 0 Å². The molecule has 1 saturated heterocycles. The first-order valence-electron chi connectivity index (χ1n) is 7.37. The molecule has 0 aromatic heterocycles. The van der Waals surface area contributed by atoms with Crippen molar-refractivity contribution in [2.45, 2.75) is 51.4 Å². The van der Waals surface area contributed by atoms with Crippen LogP contribution in [0.4, 0.5) is 4.79 Å². The largest absolute Gasteiger partial charge is 0.445 e. The molecule has 0 bridgehead atoms. The van der Waals surface area contributed by atoms with Gasteiger partial charge in [-0.2, -0.15) is 0 Å². The first-order valence-corrected chi connectivity index (χ1v) is 7.37.